The fourth-order valence-electron chi connectivity index (χ4n) is 3.53. The zero-order chi connectivity index (χ0) is 23.0. The number of hydrogen-bond acceptors (Lipinski definition) is 7. The summed E-state index contributed by atoms with van der Waals surface area (Å²) in [6.07, 6.45) is 1.17. The molecule has 1 aliphatic heterocycles. The van der Waals surface area contributed by atoms with Gasteiger partial charge in [-0.3, -0.25) is 4.79 Å². The van der Waals surface area contributed by atoms with E-state index in [1.807, 2.05) is 60.0 Å². The molecule has 0 saturated carbocycles. The molecular formula is C24H26N4O4S. The van der Waals surface area contributed by atoms with E-state index in [1.54, 1.807) is 12.0 Å². The molecular weight excluding hydrogens is 440 g/mol. The van der Waals surface area contributed by atoms with Gasteiger partial charge in [-0.2, -0.15) is 0 Å². The average Bonchev–Trinajstić information content (AvgIpc) is 3.31. The Bertz CT molecular complexity index is 1060. The summed E-state index contributed by atoms with van der Waals surface area (Å²) in [5.74, 6) is 0.340. The smallest absolute Gasteiger partial charge is 0.321 e. The van der Waals surface area contributed by atoms with Gasteiger partial charge < -0.3 is 25.0 Å². The Labute approximate surface area is 196 Å². The number of benzene rings is 2. The van der Waals surface area contributed by atoms with Gasteiger partial charge in [-0.1, -0.05) is 18.2 Å². The third-order valence-corrected chi connectivity index (χ3v) is 6.20. The molecule has 1 aliphatic rings. The topological polar surface area (TPSA) is 92.8 Å². The van der Waals surface area contributed by atoms with Crippen molar-refractivity contribution in [1.82, 2.24) is 9.88 Å². The van der Waals surface area contributed by atoms with Crippen LogP contribution in [-0.4, -0.2) is 42.1 Å². The van der Waals surface area contributed by atoms with Crippen LogP contribution in [0.4, 0.5) is 21.3 Å². The molecule has 0 spiro atoms. The summed E-state index contributed by atoms with van der Waals surface area (Å²) in [4.78, 5) is 31.1. The van der Waals surface area contributed by atoms with Crippen LogP contribution in [0.15, 0.2) is 60.0 Å². The van der Waals surface area contributed by atoms with Crippen molar-refractivity contribution in [2.45, 2.75) is 19.4 Å². The maximum absolute atomic E-state index is 12.5. The highest BCUT2D eigenvalue weighted by atomic mass is 32.1. The first-order valence-corrected chi connectivity index (χ1v) is 11.6. The predicted octanol–water partition coefficient (Wildman–Crippen LogP) is 4.88. The van der Waals surface area contributed by atoms with E-state index >= 15 is 0 Å². The summed E-state index contributed by atoms with van der Waals surface area (Å²) < 4.78 is 10.7. The summed E-state index contributed by atoms with van der Waals surface area (Å²) in [6, 6.07) is 16.8. The first kappa shape index (κ1) is 22.6. The number of rotatable bonds is 7. The fraction of sp³-hybridized carbons (Fsp3) is 0.292. The third kappa shape index (κ3) is 6.23. The molecule has 33 heavy (non-hydrogen) atoms. The molecule has 0 unspecified atom stereocenters. The number of piperidine rings is 1. The maximum Gasteiger partial charge on any atom is 0.321 e. The first-order chi connectivity index (χ1) is 16.1. The van der Waals surface area contributed by atoms with Crippen molar-refractivity contribution in [1.29, 1.82) is 0 Å². The number of hydrogen-bond donors (Lipinski definition) is 2. The Morgan fingerprint density at radius 3 is 2.48 bits per heavy atom. The minimum atomic E-state index is -0.240. The minimum Gasteiger partial charge on any atom is -0.497 e. The number of anilines is 3. The monoisotopic (exact) mass is 466 g/mol. The van der Waals surface area contributed by atoms with Gasteiger partial charge in [0.25, 0.3) is 0 Å². The highest BCUT2D eigenvalue weighted by Crippen LogP contribution is 2.24. The Morgan fingerprint density at radius 2 is 1.79 bits per heavy atom. The number of para-hydroxylation sites is 1. The van der Waals surface area contributed by atoms with Gasteiger partial charge in [-0.05, 0) is 49.2 Å². The van der Waals surface area contributed by atoms with Gasteiger partial charge >= 0.3 is 12.0 Å². The van der Waals surface area contributed by atoms with Crippen LogP contribution in [0.1, 0.15) is 18.5 Å². The molecule has 3 aromatic rings. The molecule has 0 radical (unpaired) electrons. The normalized spacial score (nSPS) is 13.9. The number of carbonyl (C=O) groups excluding carboxylic acids is 2. The number of amides is 2. The second-order valence-electron chi connectivity index (χ2n) is 7.66. The molecule has 172 valence electrons. The van der Waals surface area contributed by atoms with Crippen LogP contribution in [0.3, 0.4) is 0 Å². The van der Waals surface area contributed by atoms with Crippen LogP contribution in [0, 0.1) is 5.92 Å². The van der Waals surface area contributed by atoms with E-state index in [0.717, 1.165) is 22.3 Å². The zero-order valence-electron chi connectivity index (χ0n) is 18.3. The van der Waals surface area contributed by atoms with Crippen molar-refractivity contribution in [3.8, 4) is 5.75 Å². The molecule has 4 rings (SSSR count). The number of nitrogens with one attached hydrogen (secondary N) is 2. The van der Waals surface area contributed by atoms with E-state index in [9.17, 15) is 9.59 Å². The van der Waals surface area contributed by atoms with Gasteiger partial charge in [0.2, 0.25) is 0 Å². The Kier molecular flexibility index (Phi) is 7.41. The lowest BCUT2D eigenvalue weighted by atomic mass is 9.97. The Hall–Kier alpha value is -3.59. The molecule has 0 bridgehead atoms. The van der Waals surface area contributed by atoms with Gasteiger partial charge in [-0.25, -0.2) is 9.78 Å². The van der Waals surface area contributed by atoms with E-state index in [2.05, 4.69) is 15.6 Å². The number of ether oxygens (including phenoxy) is 2. The lowest BCUT2D eigenvalue weighted by Crippen LogP contribution is -2.42. The molecule has 0 aliphatic carbocycles. The van der Waals surface area contributed by atoms with Crippen LogP contribution in [-0.2, 0) is 16.1 Å². The summed E-state index contributed by atoms with van der Waals surface area (Å²) in [7, 11) is 1.63. The van der Waals surface area contributed by atoms with Crippen LogP contribution >= 0.6 is 11.3 Å². The van der Waals surface area contributed by atoms with Crippen molar-refractivity contribution in [2.75, 3.05) is 30.8 Å². The van der Waals surface area contributed by atoms with E-state index in [1.165, 1.54) is 11.3 Å². The molecule has 9 heteroatoms. The number of thiazole rings is 1. The number of methoxy groups -OCH3 is 1. The summed E-state index contributed by atoms with van der Waals surface area (Å²) in [5.41, 5.74) is 2.36. The van der Waals surface area contributed by atoms with Crippen LogP contribution in [0.5, 0.6) is 5.75 Å². The molecule has 2 aromatic carbocycles. The number of urea groups is 1. The summed E-state index contributed by atoms with van der Waals surface area (Å²) >= 11 is 1.45. The van der Waals surface area contributed by atoms with Gasteiger partial charge in [0.1, 0.15) is 12.4 Å². The van der Waals surface area contributed by atoms with Crippen molar-refractivity contribution in [2.24, 2.45) is 5.92 Å². The number of aromatic nitrogens is 1. The van der Waals surface area contributed by atoms with E-state index in [4.69, 9.17) is 9.47 Å². The molecule has 8 nitrogen and oxygen atoms in total. The van der Waals surface area contributed by atoms with Crippen LogP contribution in [0.25, 0.3) is 0 Å². The van der Waals surface area contributed by atoms with E-state index < -0.39 is 0 Å². The van der Waals surface area contributed by atoms with Crippen molar-refractivity contribution in [3.05, 3.63) is 65.7 Å². The fourth-order valence-corrected chi connectivity index (χ4v) is 4.25. The van der Waals surface area contributed by atoms with Crippen LogP contribution in [0.2, 0.25) is 0 Å². The van der Waals surface area contributed by atoms with Gasteiger partial charge in [-0.15, -0.1) is 11.3 Å². The van der Waals surface area contributed by atoms with Crippen molar-refractivity contribution >= 4 is 39.8 Å². The highest BCUT2D eigenvalue weighted by molar-refractivity contribution is 7.13. The zero-order valence-corrected chi connectivity index (χ0v) is 19.1. The second-order valence-corrected chi connectivity index (χ2v) is 8.52. The summed E-state index contributed by atoms with van der Waals surface area (Å²) in [5, 5.41) is 8.70. The molecule has 1 fully saturated rings. The molecule has 2 heterocycles. The first-order valence-electron chi connectivity index (χ1n) is 10.7. The number of nitrogens with zero attached hydrogens (tertiary/aromatic N) is 2. The molecule has 1 aromatic heterocycles. The second kappa shape index (κ2) is 10.8. The van der Waals surface area contributed by atoms with Gasteiger partial charge in [0.15, 0.2) is 5.13 Å². The van der Waals surface area contributed by atoms with Gasteiger partial charge in [0.05, 0.1) is 18.7 Å². The van der Waals surface area contributed by atoms with Gasteiger partial charge in [0, 0.05) is 29.8 Å². The van der Waals surface area contributed by atoms with E-state index in [0.29, 0.717) is 31.6 Å². The third-order valence-electron chi connectivity index (χ3n) is 5.40. The standard InChI is InChI=1S/C24H26N4O4S/c1-31-21-9-7-19(8-10-21)25-23-26-20(16-33-23)15-32-22(29)17-11-13-28(14-12-17)24(30)27-18-5-3-2-4-6-18/h2-10,16-17H,11-15H2,1H3,(H,25,26)(H,27,30). The minimum absolute atomic E-state index is 0.133. The Morgan fingerprint density at radius 1 is 1.06 bits per heavy atom. The summed E-state index contributed by atoms with van der Waals surface area (Å²) in [6.45, 7) is 1.17. The number of esters is 1. The quantitative estimate of drug-likeness (QED) is 0.482. The van der Waals surface area contributed by atoms with Crippen molar-refractivity contribution in [3.63, 3.8) is 0 Å². The largest absolute Gasteiger partial charge is 0.497 e. The predicted molar refractivity (Wildman–Crippen MR) is 128 cm³/mol. The lowest BCUT2D eigenvalue weighted by Gasteiger charge is -2.30. The number of carbonyl (C=O) groups is 2. The van der Waals surface area contributed by atoms with Crippen LogP contribution < -0.4 is 15.4 Å². The maximum atomic E-state index is 12.5. The molecule has 2 amide bonds. The molecule has 1 saturated heterocycles. The SMILES string of the molecule is COc1ccc(Nc2nc(COC(=O)C3CCN(C(=O)Nc4ccccc4)CC3)cs2)cc1. The molecule has 0 atom stereocenters. The molecule has 2 N–H and O–H groups in total. The lowest BCUT2D eigenvalue weighted by molar-refractivity contribution is -0.151. The van der Waals surface area contributed by atoms with Crippen molar-refractivity contribution < 1.29 is 19.1 Å². The highest BCUT2D eigenvalue weighted by Gasteiger charge is 2.28. The Balaban J connectivity index is 1.20. The average molecular weight is 467 g/mol. The number of likely N-dealkylation sites (tertiary alicyclic amines) is 1. The van der Waals surface area contributed by atoms with E-state index in [-0.39, 0.29) is 24.5 Å².